The lowest BCUT2D eigenvalue weighted by Gasteiger charge is -2.07. The Morgan fingerprint density at radius 3 is 2.67 bits per heavy atom. The molecular weight excluding hydrogens is 208 g/mol. The van der Waals surface area contributed by atoms with E-state index in [9.17, 15) is 13.2 Å². The molecule has 1 N–H and O–H groups in total. The maximum Gasteiger partial charge on any atom is 0.411 e. The highest BCUT2D eigenvalue weighted by Gasteiger charge is 2.27. The molecule has 0 saturated carbocycles. The van der Waals surface area contributed by atoms with Crippen LogP contribution in [-0.4, -0.2) is 25.3 Å². The summed E-state index contributed by atoms with van der Waals surface area (Å²) in [5, 5.41) is 8.67. The summed E-state index contributed by atoms with van der Waals surface area (Å²) in [6.45, 7) is -1.39. The molecule has 1 rings (SSSR count). The molecule has 0 fully saturated rings. The lowest BCUT2D eigenvalue weighted by molar-refractivity contribution is -0.176. The largest absolute Gasteiger partial charge is 0.450 e. The number of halogens is 3. The maximum absolute atomic E-state index is 11.7. The molecule has 0 atom stereocenters. The number of hydrogen-bond donors (Lipinski definition) is 1. The van der Waals surface area contributed by atoms with Crippen molar-refractivity contribution in [1.82, 2.24) is 0 Å². The highest BCUT2D eigenvalue weighted by Crippen LogP contribution is 2.15. The van der Waals surface area contributed by atoms with Gasteiger partial charge in [0.05, 0.1) is 6.61 Å². The highest BCUT2D eigenvalue weighted by atomic mass is 19.4. The topological polar surface area (TPSA) is 29.5 Å². The zero-order valence-electron chi connectivity index (χ0n) is 7.79. The molecule has 2 nitrogen and oxygen atoms in total. The fourth-order valence-electron chi connectivity index (χ4n) is 1.05. The summed E-state index contributed by atoms with van der Waals surface area (Å²) in [5.41, 5.74) is 1.12. The molecular formula is C9H9BF3O2. The van der Waals surface area contributed by atoms with Crippen LogP contribution in [0.5, 0.6) is 0 Å². The number of rotatable bonds is 4. The van der Waals surface area contributed by atoms with Crippen LogP contribution in [0.4, 0.5) is 13.2 Å². The van der Waals surface area contributed by atoms with Gasteiger partial charge in [0, 0.05) is 0 Å². The van der Waals surface area contributed by atoms with Crippen molar-refractivity contribution in [3.05, 3.63) is 29.8 Å². The first-order valence-corrected chi connectivity index (χ1v) is 4.22. The van der Waals surface area contributed by atoms with Gasteiger partial charge in [0.2, 0.25) is 0 Å². The van der Waals surface area contributed by atoms with Crippen LogP contribution in [0.15, 0.2) is 24.3 Å². The second-order valence-electron chi connectivity index (χ2n) is 2.98. The summed E-state index contributed by atoms with van der Waals surface area (Å²) < 4.78 is 39.7. The molecule has 0 spiro atoms. The van der Waals surface area contributed by atoms with E-state index in [1.165, 1.54) is 0 Å². The molecule has 15 heavy (non-hydrogen) atoms. The van der Waals surface area contributed by atoms with E-state index in [2.05, 4.69) is 4.74 Å². The third-order valence-electron chi connectivity index (χ3n) is 1.63. The maximum atomic E-state index is 11.7. The minimum atomic E-state index is -4.30. The van der Waals surface area contributed by atoms with Gasteiger partial charge in [0.1, 0.15) is 6.61 Å². The van der Waals surface area contributed by atoms with E-state index < -0.39 is 12.8 Å². The summed E-state index contributed by atoms with van der Waals surface area (Å²) >= 11 is 0. The molecule has 1 aromatic rings. The van der Waals surface area contributed by atoms with Crippen LogP contribution in [-0.2, 0) is 11.3 Å². The van der Waals surface area contributed by atoms with E-state index in [0.29, 0.717) is 11.0 Å². The lowest BCUT2D eigenvalue weighted by Crippen LogP contribution is -2.18. The van der Waals surface area contributed by atoms with Gasteiger partial charge in [0.25, 0.3) is 0 Å². The number of ether oxygens (including phenoxy) is 1. The molecule has 1 aromatic carbocycles. The van der Waals surface area contributed by atoms with Crippen molar-refractivity contribution in [2.75, 3.05) is 6.61 Å². The molecule has 0 saturated heterocycles. The summed E-state index contributed by atoms with van der Waals surface area (Å²) in [4.78, 5) is 0. The molecule has 1 radical (unpaired) electrons. The van der Waals surface area contributed by atoms with Crippen LogP contribution in [0.1, 0.15) is 5.56 Å². The third kappa shape index (κ3) is 4.85. The Bertz CT molecular complexity index is 314. The van der Waals surface area contributed by atoms with Crippen molar-refractivity contribution in [2.45, 2.75) is 12.8 Å². The molecule has 0 aliphatic heterocycles. The van der Waals surface area contributed by atoms with Crippen LogP contribution >= 0.6 is 0 Å². The Morgan fingerprint density at radius 1 is 1.33 bits per heavy atom. The first-order chi connectivity index (χ1) is 7.01. The zero-order valence-corrected chi connectivity index (χ0v) is 7.79. The molecule has 6 heteroatoms. The summed E-state index contributed by atoms with van der Waals surface area (Å²) in [6.07, 6.45) is -4.30. The number of benzene rings is 1. The molecule has 0 aliphatic carbocycles. The van der Waals surface area contributed by atoms with Crippen LogP contribution in [0.2, 0.25) is 0 Å². The number of alkyl halides is 3. The normalized spacial score (nSPS) is 11.5. The SMILES string of the molecule is O[B]c1cccc(COCC(F)(F)F)c1. The second kappa shape index (κ2) is 5.18. The van der Waals surface area contributed by atoms with Gasteiger partial charge in [-0.05, 0) is 5.56 Å². The van der Waals surface area contributed by atoms with E-state index >= 15 is 0 Å². The first-order valence-electron chi connectivity index (χ1n) is 4.22. The van der Waals surface area contributed by atoms with E-state index in [0.717, 1.165) is 7.48 Å². The Morgan fingerprint density at radius 2 is 2.07 bits per heavy atom. The second-order valence-corrected chi connectivity index (χ2v) is 2.98. The van der Waals surface area contributed by atoms with Crippen LogP contribution in [0.25, 0.3) is 0 Å². The molecule has 0 unspecified atom stereocenters. The highest BCUT2D eigenvalue weighted by molar-refractivity contribution is 6.45. The summed E-state index contributed by atoms with van der Waals surface area (Å²) in [5.74, 6) is 0. The lowest BCUT2D eigenvalue weighted by atomic mass is 9.88. The van der Waals surface area contributed by atoms with Crippen molar-refractivity contribution < 1.29 is 22.9 Å². The predicted octanol–water partition coefficient (Wildman–Crippen LogP) is 1.00. The van der Waals surface area contributed by atoms with Gasteiger partial charge in [-0.3, -0.25) is 0 Å². The van der Waals surface area contributed by atoms with Gasteiger partial charge in [0.15, 0.2) is 0 Å². The number of hydrogen-bond acceptors (Lipinski definition) is 2. The molecule has 0 amide bonds. The fraction of sp³-hybridized carbons (Fsp3) is 0.333. The van der Waals surface area contributed by atoms with E-state index in [1.54, 1.807) is 24.3 Å². The fourth-order valence-corrected chi connectivity index (χ4v) is 1.05. The Hall–Kier alpha value is -1.01. The van der Waals surface area contributed by atoms with Crippen LogP contribution in [0, 0.1) is 0 Å². The Kier molecular flexibility index (Phi) is 4.17. The Labute approximate surface area is 86.0 Å². The van der Waals surface area contributed by atoms with Crippen molar-refractivity contribution in [3.63, 3.8) is 0 Å². The third-order valence-corrected chi connectivity index (χ3v) is 1.63. The average molecular weight is 217 g/mol. The first kappa shape index (κ1) is 12.1. The van der Waals surface area contributed by atoms with Crippen molar-refractivity contribution >= 4 is 12.9 Å². The van der Waals surface area contributed by atoms with Crippen molar-refractivity contribution in [1.29, 1.82) is 0 Å². The summed E-state index contributed by atoms with van der Waals surface area (Å²) in [7, 11) is 0.882. The Balaban J connectivity index is 2.44. The van der Waals surface area contributed by atoms with Crippen molar-refractivity contribution in [3.8, 4) is 0 Å². The van der Waals surface area contributed by atoms with Gasteiger partial charge in [-0.1, -0.05) is 29.7 Å². The van der Waals surface area contributed by atoms with Gasteiger partial charge < -0.3 is 9.76 Å². The standard InChI is InChI=1S/C9H9BF3O2/c11-9(12,13)6-15-5-7-2-1-3-8(4-7)10-14/h1-4,14H,5-6H2. The monoisotopic (exact) mass is 217 g/mol. The molecule has 81 valence electrons. The van der Waals surface area contributed by atoms with Gasteiger partial charge in [-0.2, -0.15) is 13.2 Å². The predicted molar refractivity (Wildman–Crippen MR) is 49.8 cm³/mol. The molecule has 0 bridgehead atoms. The van der Waals surface area contributed by atoms with E-state index in [1.807, 2.05) is 0 Å². The minimum Gasteiger partial charge on any atom is -0.450 e. The molecule has 0 aliphatic rings. The van der Waals surface area contributed by atoms with Crippen LogP contribution < -0.4 is 5.46 Å². The molecule has 0 aromatic heterocycles. The van der Waals surface area contributed by atoms with Gasteiger partial charge >= 0.3 is 13.7 Å². The quantitative estimate of drug-likeness (QED) is 0.762. The molecule has 0 heterocycles. The average Bonchev–Trinajstić information content (AvgIpc) is 2.16. The van der Waals surface area contributed by atoms with Gasteiger partial charge in [-0.15, -0.1) is 0 Å². The zero-order chi connectivity index (χ0) is 11.3. The minimum absolute atomic E-state index is 0.124. The summed E-state index contributed by atoms with van der Waals surface area (Å²) in [6, 6.07) is 6.45. The van der Waals surface area contributed by atoms with E-state index in [4.69, 9.17) is 5.02 Å². The van der Waals surface area contributed by atoms with Gasteiger partial charge in [-0.25, -0.2) is 0 Å². The van der Waals surface area contributed by atoms with Crippen LogP contribution in [0.3, 0.4) is 0 Å². The van der Waals surface area contributed by atoms with Crippen molar-refractivity contribution in [2.24, 2.45) is 0 Å². The van der Waals surface area contributed by atoms with E-state index in [-0.39, 0.29) is 6.61 Å². The smallest absolute Gasteiger partial charge is 0.411 e.